The van der Waals surface area contributed by atoms with Crippen molar-refractivity contribution in [1.29, 1.82) is 5.26 Å². The van der Waals surface area contributed by atoms with Crippen LogP contribution in [0.4, 0.5) is 4.39 Å². The second-order valence-electron chi connectivity index (χ2n) is 5.59. The van der Waals surface area contributed by atoms with Crippen LogP contribution in [0.15, 0.2) is 77.3 Å². The number of benzene rings is 3. The molecule has 132 valence electrons. The predicted octanol–water partition coefficient (Wildman–Crippen LogP) is 5.87. The molecule has 0 fully saturated rings. The zero-order chi connectivity index (χ0) is 19.2. The van der Waals surface area contributed by atoms with Crippen molar-refractivity contribution in [3.8, 4) is 11.8 Å². The van der Waals surface area contributed by atoms with Gasteiger partial charge in [0, 0.05) is 10.0 Å². The number of allylic oxidation sites excluding steroid dienone is 1. The Hall–Kier alpha value is -3.23. The lowest BCUT2D eigenvalue weighted by Gasteiger charge is -2.06. The molecule has 0 saturated carbocycles. The molecule has 5 heteroatoms. The Kier molecular flexibility index (Phi) is 5.80. The summed E-state index contributed by atoms with van der Waals surface area (Å²) in [5, 5.41) is 9.33. The van der Waals surface area contributed by atoms with Crippen LogP contribution in [-0.2, 0) is 0 Å². The number of carbonyl (C=O) groups excluding carboxylic acids is 1. The Labute approximate surface area is 164 Å². The quantitative estimate of drug-likeness (QED) is 0.229. The molecule has 0 radical (unpaired) electrons. The van der Waals surface area contributed by atoms with E-state index in [0.717, 1.165) is 0 Å². The van der Waals surface area contributed by atoms with Crippen molar-refractivity contribution >= 4 is 33.5 Å². The summed E-state index contributed by atoms with van der Waals surface area (Å²) in [5.41, 5.74) is 1.57. The summed E-state index contributed by atoms with van der Waals surface area (Å²) in [6.07, 6.45) is 1.58. The number of hydrogen-bond donors (Lipinski definition) is 0. The molecule has 0 aromatic heterocycles. The van der Waals surface area contributed by atoms with Crippen LogP contribution in [0.1, 0.15) is 21.5 Å². The molecule has 3 nitrogen and oxygen atoms in total. The number of esters is 1. The molecule has 27 heavy (non-hydrogen) atoms. The fourth-order valence-electron chi connectivity index (χ4n) is 2.44. The number of ether oxygens (including phenoxy) is 1. The Morgan fingerprint density at radius 2 is 1.59 bits per heavy atom. The maximum Gasteiger partial charge on any atom is 0.344 e. The minimum atomic E-state index is -0.477. The van der Waals surface area contributed by atoms with Gasteiger partial charge in [0.05, 0.1) is 17.2 Å². The smallest absolute Gasteiger partial charge is 0.344 e. The van der Waals surface area contributed by atoms with Crippen molar-refractivity contribution in [2.75, 3.05) is 0 Å². The third-order valence-electron chi connectivity index (χ3n) is 3.78. The Morgan fingerprint density at radius 3 is 2.22 bits per heavy atom. The molecule has 0 aliphatic heterocycles. The topological polar surface area (TPSA) is 50.1 Å². The summed E-state index contributed by atoms with van der Waals surface area (Å²) in [7, 11) is 0. The lowest BCUT2D eigenvalue weighted by atomic mass is 10.0. The molecule has 0 aliphatic carbocycles. The molecule has 3 aromatic carbocycles. The highest BCUT2D eigenvalue weighted by Crippen LogP contribution is 2.23. The highest BCUT2D eigenvalue weighted by Gasteiger charge is 2.12. The van der Waals surface area contributed by atoms with E-state index < -0.39 is 11.8 Å². The fraction of sp³-hybridized carbons (Fsp3) is 0. The maximum atomic E-state index is 13.9. The van der Waals surface area contributed by atoms with E-state index in [4.69, 9.17) is 4.74 Å². The molecule has 0 saturated heterocycles. The van der Waals surface area contributed by atoms with E-state index in [1.807, 2.05) is 12.1 Å². The summed E-state index contributed by atoms with van der Waals surface area (Å²) in [4.78, 5) is 12.2. The van der Waals surface area contributed by atoms with Crippen molar-refractivity contribution in [3.63, 3.8) is 0 Å². The first-order valence-corrected chi connectivity index (χ1v) is 8.81. The van der Waals surface area contributed by atoms with Gasteiger partial charge in [0.2, 0.25) is 0 Å². The molecule has 0 amide bonds. The van der Waals surface area contributed by atoms with Gasteiger partial charge in [-0.05, 0) is 57.9 Å². The lowest BCUT2D eigenvalue weighted by molar-refractivity contribution is 0.0734. The van der Waals surface area contributed by atoms with Gasteiger partial charge >= 0.3 is 5.97 Å². The van der Waals surface area contributed by atoms with E-state index in [1.54, 1.807) is 66.7 Å². The van der Waals surface area contributed by atoms with E-state index in [9.17, 15) is 14.4 Å². The van der Waals surface area contributed by atoms with Gasteiger partial charge in [-0.15, -0.1) is 0 Å². The largest absolute Gasteiger partial charge is 0.423 e. The summed E-state index contributed by atoms with van der Waals surface area (Å²) in [6, 6.07) is 21.7. The Morgan fingerprint density at radius 1 is 0.963 bits per heavy atom. The molecule has 0 unspecified atom stereocenters. The van der Waals surface area contributed by atoms with Crippen molar-refractivity contribution in [3.05, 3.63) is 99.8 Å². The number of nitriles is 1. The zero-order valence-corrected chi connectivity index (χ0v) is 15.6. The first-order chi connectivity index (χ1) is 13.1. The monoisotopic (exact) mass is 421 g/mol. The van der Waals surface area contributed by atoms with Crippen LogP contribution in [0.5, 0.6) is 5.75 Å². The van der Waals surface area contributed by atoms with Crippen LogP contribution >= 0.6 is 15.9 Å². The van der Waals surface area contributed by atoms with E-state index in [1.165, 1.54) is 6.07 Å². The molecular formula is C22H13BrFNO2. The van der Waals surface area contributed by atoms with Gasteiger partial charge in [0.25, 0.3) is 0 Å². The average Bonchev–Trinajstić information content (AvgIpc) is 2.68. The van der Waals surface area contributed by atoms with Gasteiger partial charge in [0.15, 0.2) is 0 Å². The number of carbonyl (C=O) groups is 1. The minimum absolute atomic E-state index is 0.214. The SMILES string of the molecule is N#C/C(=C/c1ccc(OC(=O)c2ccccc2Br)cc1)c1ccccc1F. The van der Waals surface area contributed by atoms with Gasteiger partial charge in [-0.1, -0.05) is 42.5 Å². The third kappa shape index (κ3) is 4.49. The Bertz CT molecular complexity index is 1050. The van der Waals surface area contributed by atoms with E-state index in [-0.39, 0.29) is 11.1 Å². The molecule has 0 aliphatic rings. The molecule has 0 bridgehead atoms. The van der Waals surface area contributed by atoms with Crippen molar-refractivity contribution in [1.82, 2.24) is 0 Å². The van der Waals surface area contributed by atoms with E-state index in [2.05, 4.69) is 15.9 Å². The molecule has 0 atom stereocenters. The van der Waals surface area contributed by atoms with Gasteiger partial charge in [-0.25, -0.2) is 9.18 Å². The summed E-state index contributed by atoms with van der Waals surface area (Å²) in [5.74, 6) is -0.559. The normalized spacial score (nSPS) is 10.9. The lowest BCUT2D eigenvalue weighted by Crippen LogP contribution is -2.09. The van der Waals surface area contributed by atoms with Crippen LogP contribution in [0.25, 0.3) is 11.6 Å². The van der Waals surface area contributed by atoms with Crippen molar-refractivity contribution in [2.24, 2.45) is 0 Å². The fourth-order valence-corrected chi connectivity index (χ4v) is 2.88. The Balaban J connectivity index is 1.79. The zero-order valence-electron chi connectivity index (χ0n) is 14.0. The number of rotatable bonds is 4. The first-order valence-electron chi connectivity index (χ1n) is 8.02. The molecule has 0 heterocycles. The van der Waals surface area contributed by atoms with Crippen molar-refractivity contribution < 1.29 is 13.9 Å². The van der Waals surface area contributed by atoms with Gasteiger partial charge in [-0.2, -0.15) is 5.26 Å². The second kappa shape index (κ2) is 8.43. The number of halogens is 2. The summed E-state index contributed by atoms with van der Waals surface area (Å²) in [6.45, 7) is 0. The predicted molar refractivity (Wildman–Crippen MR) is 105 cm³/mol. The number of hydrogen-bond acceptors (Lipinski definition) is 3. The van der Waals surface area contributed by atoms with Crippen molar-refractivity contribution in [2.45, 2.75) is 0 Å². The minimum Gasteiger partial charge on any atom is -0.423 e. The summed E-state index contributed by atoms with van der Waals surface area (Å²) >= 11 is 3.32. The first kappa shape index (κ1) is 18.6. The van der Waals surface area contributed by atoms with E-state index >= 15 is 0 Å². The standard InChI is InChI=1S/C22H13BrFNO2/c23-20-7-3-1-6-19(20)22(26)27-17-11-9-15(10-12-17)13-16(14-25)18-5-2-4-8-21(18)24/h1-13H/b16-13-. The van der Waals surface area contributed by atoms with Crippen LogP contribution in [0, 0.1) is 17.1 Å². The third-order valence-corrected chi connectivity index (χ3v) is 4.47. The van der Waals surface area contributed by atoms with Crippen LogP contribution in [0.3, 0.4) is 0 Å². The molecule has 3 rings (SSSR count). The van der Waals surface area contributed by atoms with Crippen LogP contribution < -0.4 is 4.74 Å². The average molecular weight is 422 g/mol. The number of nitrogens with zero attached hydrogens (tertiary/aromatic N) is 1. The summed E-state index contributed by atoms with van der Waals surface area (Å²) < 4.78 is 19.9. The van der Waals surface area contributed by atoms with E-state index in [0.29, 0.717) is 21.3 Å². The van der Waals surface area contributed by atoms with Gasteiger partial charge in [-0.3, -0.25) is 0 Å². The molecule has 3 aromatic rings. The molecular weight excluding hydrogens is 409 g/mol. The maximum absolute atomic E-state index is 13.9. The molecule has 0 spiro atoms. The van der Waals surface area contributed by atoms with Gasteiger partial charge < -0.3 is 4.74 Å². The highest BCUT2D eigenvalue weighted by atomic mass is 79.9. The molecule has 0 N–H and O–H groups in total. The van der Waals surface area contributed by atoms with Gasteiger partial charge in [0.1, 0.15) is 11.6 Å². The van der Waals surface area contributed by atoms with Crippen LogP contribution in [-0.4, -0.2) is 5.97 Å². The second-order valence-corrected chi connectivity index (χ2v) is 6.44. The highest BCUT2D eigenvalue weighted by molar-refractivity contribution is 9.10. The van der Waals surface area contributed by atoms with Crippen LogP contribution in [0.2, 0.25) is 0 Å².